The van der Waals surface area contributed by atoms with Crippen molar-refractivity contribution in [3.05, 3.63) is 33.3 Å². The molecular weight excluding hydrogens is 260 g/mol. The second-order valence-electron chi connectivity index (χ2n) is 3.64. The highest BCUT2D eigenvalue weighted by Gasteiger charge is 2.11. The molecule has 1 rings (SSSR count). The fourth-order valence-electron chi connectivity index (χ4n) is 1.28. The van der Waals surface area contributed by atoms with Crippen LogP contribution in [-0.4, -0.2) is 35.8 Å². The van der Waals surface area contributed by atoms with Crippen molar-refractivity contribution >= 4 is 17.3 Å². The quantitative estimate of drug-likeness (QED) is 0.583. The molecule has 0 heterocycles. The summed E-state index contributed by atoms with van der Waals surface area (Å²) in [7, 11) is 0. The van der Waals surface area contributed by atoms with Crippen LogP contribution >= 0.6 is 11.6 Å². The number of aliphatic hydroxyl groups excluding tert-OH is 1. The van der Waals surface area contributed by atoms with Gasteiger partial charge in [0.05, 0.1) is 9.95 Å². The van der Waals surface area contributed by atoms with E-state index in [-0.39, 0.29) is 17.3 Å². The van der Waals surface area contributed by atoms with Gasteiger partial charge in [0, 0.05) is 18.7 Å². The zero-order valence-corrected chi connectivity index (χ0v) is 10.7. The summed E-state index contributed by atoms with van der Waals surface area (Å²) in [5.74, 6) is 0.317. The van der Waals surface area contributed by atoms with Crippen molar-refractivity contribution in [2.24, 2.45) is 0 Å². The summed E-state index contributed by atoms with van der Waals surface area (Å²) in [5, 5.41) is 23.2. The second-order valence-corrected chi connectivity index (χ2v) is 4.05. The summed E-state index contributed by atoms with van der Waals surface area (Å²) in [4.78, 5) is 9.97. The van der Waals surface area contributed by atoms with Gasteiger partial charge in [-0.05, 0) is 12.6 Å². The number of ether oxygens (including phenoxy) is 1. The molecule has 0 bridgehead atoms. The average molecular weight is 275 g/mol. The Kier molecular flexibility index (Phi) is 5.84. The molecule has 0 radical (unpaired) electrons. The van der Waals surface area contributed by atoms with Gasteiger partial charge in [-0.15, -0.1) is 0 Å². The summed E-state index contributed by atoms with van der Waals surface area (Å²) in [6, 6.07) is 3.94. The van der Waals surface area contributed by atoms with Crippen molar-refractivity contribution in [2.45, 2.75) is 13.0 Å². The Morgan fingerprint density at radius 3 is 2.89 bits per heavy atom. The van der Waals surface area contributed by atoms with E-state index in [1.54, 1.807) is 0 Å². The molecule has 1 aromatic rings. The largest absolute Gasteiger partial charge is 0.489 e. The minimum Gasteiger partial charge on any atom is -0.489 e. The maximum atomic E-state index is 10.5. The Morgan fingerprint density at radius 1 is 1.61 bits per heavy atom. The van der Waals surface area contributed by atoms with Crippen molar-refractivity contribution in [2.75, 3.05) is 19.7 Å². The number of likely N-dealkylation sites (N-methyl/N-ethyl adjacent to an activating group) is 1. The van der Waals surface area contributed by atoms with Crippen LogP contribution in [0.3, 0.4) is 0 Å². The summed E-state index contributed by atoms with van der Waals surface area (Å²) in [6.07, 6.45) is -0.656. The Bertz CT molecular complexity index is 414. The molecular formula is C11H15ClN2O4. The van der Waals surface area contributed by atoms with Gasteiger partial charge in [-0.25, -0.2) is 0 Å². The minimum atomic E-state index is -0.656. The number of nitrogens with zero attached hydrogens (tertiary/aromatic N) is 1. The Balaban J connectivity index is 2.55. The number of hydrogen-bond acceptors (Lipinski definition) is 5. The molecule has 0 fully saturated rings. The zero-order valence-electron chi connectivity index (χ0n) is 9.93. The molecule has 100 valence electrons. The molecule has 1 aromatic carbocycles. The topological polar surface area (TPSA) is 84.6 Å². The lowest BCUT2D eigenvalue weighted by molar-refractivity contribution is -0.384. The van der Waals surface area contributed by atoms with Crippen molar-refractivity contribution in [3.8, 4) is 5.75 Å². The fourth-order valence-corrected chi connectivity index (χ4v) is 1.51. The first-order chi connectivity index (χ1) is 8.54. The van der Waals surface area contributed by atoms with E-state index in [0.29, 0.717) is 12.3 Å². The summed E-state index contributed by atoms with van der Waals surface area (Å²) in [6.45, 7) is 3.18. The maximum absolute atomic E-state index is 10.5. The van der Waals surface area contributed by atoms with E-state index in [2.05, 4.69) is 5.32 Å². The Labute approximate surface area is 110 Å². The molecule has 2 N–H and O–H groups in total. The summed E-state index contributed by atoms with van der Waals surface area (Å²) in [5.41, 5.74) is -0.0967. The van der Waals surface area contributed by atoms with Crippen LogP contribution in [0.2, 0.25) is 5.02 Å². The first kappa shape index (κ1) is 14.7. The molecule has 0 saturated carbocycles. The van der Waals surface area contributed by atoms with E-state index in [0.717, 1.165) is 6.54 Å². The first-order valence-electron chi connectivity index (χ1n) is 5.50. The van der Waals surface area contributed by atoms with Crippen LogP contribution in [0.25, 0.3) is 0 Å². The first-order valence-corrected chi connectivity index (χ1v) is 5.88. The number of rotatable bonds is 7. The third-order valence-electron chi connectivity index (χ3n) is 2.19. The smallest absolute Gasteiger partial charge is 0.271 e. The maximum Gasteiger partial charge on any atom is 0.271 e. The molecule has 0 spiro atoms. The SMILES string of the molecule is CCNCC(O)COc1ccc([N+](=O)[O-])cc1Cl. The highest BCUT2D eigenvalue weighted by molar-refractivity contribution is 6.32. The number of halogens is 1. The highest BCUT2D eigenvalue weighted by Crippen LogP contribution is 2.28. The van der Waals surface area contributed by atoms with Crippen LogP contribution in [0, 0.1) is 10.1 Å². The van der Waals surface area contributed by atoms with Crippen molar-refractivity contribution in [1.29, 1.82) is 0 Å². The molecule has 6 nitrogen and oxygen atoms in total. The van der Waals surface area contributed by atoms with Crippen LogP contribution in [0.4, 0.5) is 5.69 Å². The average Bonchev–Trinajstić information content (AvgIpc) is 2.34. The van der Waals surface area contributed by atoms with Gasteiger partial charge in [-0.3, -0.25) is 10.1 Å². The highest BCUT2D eigenvalue weighted by atomic mass is 35.5. The Hall–Kier alpha value is -1.37. The van der Waals surface area contributed by atoms with Gasteiger partial charge in [0.2, 0.25) is 0 Å². The van der Waals surface area contributed by atoms with Crippen molar-refractivity contribution in [1.82, 2.24) is 5.32 Å². The minimum absolute atomic E-state index is 0.0739. The van der Waals surface area contributed by atoms with Crippen molar-refractivity contribution in [3.63, 3.8) is 0 Å². The van der Waals surface area contributed by atoms with E-state index in [9.17, 15) is 15.2 Å². The third kappa shape index (κ3) is 4.48. The lowest BCUT2D eigenvalue weighted by Crippen LogP contribution is -2.31. The molecule has 1 atom stereocenters. The lowest BCUT2D eigenvalue weighted by Gasteiger charge is -2.13. The molecule has 18 heavy (non-hydrogen) atoms. The molecule has 0 saturated heterocycles. The van der Waals surface area contributed by atoms with E-state index >= 15 is 0 Å². The molecule has 0 aliphatic carbocycles. The number of non-ortho nitro benzene ring substituents is 1. The van der Waals surface area contributed by atoms with Crippen molar-refractivity contribution < 1.29 is 14.8 Å². The fraction of sp³-hybridized carbons (Fsp3) is 0.455. The predicted molar refractivity (Wildman–Crippen MR) is 68.2 cm³/mol. The number of nitro groups is 1. The van der Waals surface area contributed by atoms with Crippen LogP contribution in [0.15, 0.2) is 18.2 Å². The molecule has 1 unspecified atom stereocenters. The van der Waals surface area contributed by atoms with Gasteiger partial charge in [0.1, 0.15) is 18.5 Å². The number of aliphatic hydroxyl groups is 1. The van der Waals surface area contributed by atoms with Gasteiger partial charge in [0.25, 0.3) is 5.69 Å². The summed E-state index contributed by atoms with van der Waals surface area (Å²) >= 11 is 5.83. The van der Waals surface area contributed by atoms with E-state index < -0.39 is 11.0 Å². The van der Waals surface area contributed by atoms with Crippen LogP contribution in [0.5, 0.6) is 5.75 Å². The van der Waals surface area contributed by atoms with E-state index in [1.165, 1.54) is 18.2 Å². The van der Waals surface area contributed by atoms with Gasteiger partial charge in [-0.2, -0.15) is 0 Å². The normalized spacial score (nSPS) is 12.2. The number of nitro benzene ring substituents is 1. The van der Waals surface area contributed by atoms with Gasteiger partial charge in [-0.1, -0.05) is 18.5 Å². The number of nitrogens with one attached hydrogen (secondary N) is 1. The predicted octanol–water partition coefficient (Wildman–Crippen LogP) is 1.60. The lowest BCUT2D eigenvalue weighted by atomic mass is 10.3. The standard InChI is InChI=1S/C11H15ClN2O4/c1-2-13-6-9(15)7-18-11-4-3-8(14(16)17)5-10(11)12/h3-5,9,13,15H,2,6-7H2,1H3. The van der Waals surface area contributed by atoms with Gasteiger partial charge in [0.15, 0.2) is 0 Å². The van der Waals surface area contributed by atoms with Crippen LogP contribution in [0.1, 0.15) is 6.92 Å². The second kappa shape index (κ2) is 7.15. The Morgan fingerprint density at radius 2 is 2.33 bits per heavy atom. The van der Waals surface area contributed by atoms with E-state index in [1.807, 2.05) is 6.92 Å². The number of hydrogen-bond donors (Lipinski definition) is 2. The van der Waals surface area contributed by atoms with E-state index in [4.69, 9.17) is 16.3 Å². The van der Waals surface area contributed by atoms with Crippen LogP contribution < -0.4 is 10.1 Å². The molecule has 0 aliphatic rings. The van der Waals surface area contributed by atoms with Crippen LogP contribution in [-0.2, 0) is 0 Å². The molecule has 0 aliphatic heterocycles. The molecule has 0 amide bonds. The molecule has 7 heteroatoms. The van der Waals surface area contributed by atoms with Gasteiger partial charge >= 0.3 is 0 Å². The number of benzene rings is 1. The van der Waals surface area contributed by atoms with Gasteiger partial charge < -0.3 is 15.2 Å². The third-order valence-corrected chi connectivity index (χ3v) is 2.48. The monoisotopic (exact) mass is 274 g/mol. The molecule has 0 aromatic heterocycles. The zero-order chi connectivity index (χ0) is 13.5. The summed E-state index contributed by atoms with van der Waals surface area (Å²) < 4.78 is 5.29.